The van der Waals surface area contributed by atoms with Crippen molar-refractivity contribution in [2.24, 2.45) is 5.73 Å². The third-order valence-electron chi connectivity index (χ3n) is 3.16. The van der Waals surface area contributed by atoms with E-state index in [1.165, 1.54) is 15.6 Å². The highest BCUT2D eigenvalue weighted by Crippen LogP contribution is 2.29. The molecule has 110 valence electrons. The van der Waals surface area contributed by atoms with Crippen molar-refractivity contribution in [1.82, 2.24) is 4.31 Å². The maximum absolute atomic E-state index is 12.6. The van der Waals surface area contributed by atoms with Gasteiger partial charge in [-0.3, -0.25) is 0 Å². The Hall–Kier alpha value is -0.0800. The van der Waals surface area contributed by atoms with Crippen LogP contribution in [0.3, 0.4) is 0 Å². The normalized spacial score (nSPS) is 14.0. The van der Waals surface area contributed by atoms with Gasteiger partial charge in [-0.1, -0.05) is 6.92 Å². The van der Waals surface area contributed by atoms with Crippen molar-refractivity contribution in [3.8, 4) is 0 Å². The second kappa shape index (κ2) is 7.08. The molecule has 0 bridgehead atoms. The van der Waals surface area contributed by atoms with Crippen molar-refractivity contribution < 1.29 is 8.42 Å². The monoisotopic (exact) mass is 322 g/mol. The lowest BCUT2D eigenvalue weighted by atomic mass is 10.3. The quantitative estimate of drug-likeness (QED) is 0.836. The smallest absolute Gasteiger partial charge is 0.252 e. The molecule has 0 aliphatic rings. The van der Waals surface area contributed by atoms with E-state index in [1.807, 2.05) is 20.1 Å². The van der Waals surface area contributed by atoms with Gasteiger partial charge in [0.15, 0.2) is 0 Å². The van der Waals surface area contributed by atoms with Crippen LogP contribution in [0.15, 0.2) is 10.3 Å². The lowest BCUT2D eigenvalue weighted by molar-refractivity contribution is 0.386. The molecular weight excluding hydrogens is 300 g/mol. The molecular formula is C12H22N2O2S3. The van der Waals surface area contributed by atoms with E-state index in [4.69, 9.17) is 5.73 Å². The van der Waals surface area contributed by atoms with Crippen LogP contribution < -0.4 is 5.73 Å². The van der Waals surface area contributed by atoms with Gasteiger partial charge in [0.1, 0.15) is 4.21 Å². The van der Waals surface area contributed by atoms with Crippen LogP contribution >= 0.6 is 23.1 Å². The van der Waals surface area contributed by atoms with Crippen LogP contribution in [0.25, 0.3) is 0 Å². The van der Waals surface area contributed by atoms with Crippen LogP contribution in [0.5, 0.6) is 0 Å². The number of aryl methyl sites for hydroxylation is 1. The van der Waals surface area contributed by atoms with E-state index in [0.717, 1.165) is 22.6 Å². The number of nitrogens with two attached hydrogens (primary N) is 1. The number of sulfonamides is 1. The van der Waals surface area contributed by atoms with Gasteiger partial charge in [0.25, 0.3) is 10.0 Å². The highest BCUT2D eigenvalue weighted by Gasteiger charge is 2.28. The van der Waals surface area contributed by atoms with E-state index < -0.39 is 10.0 Å². The van der Waals surface area contributed by atoms with E-state index in [0.29, 0.717) is 10.8 Å². The molecule has 0 fully saturated rings. The van der Waals surface area contributed by atoms with Gasteiger partial charge in [-0.2, -0.15) is 16.1 Å². The first-order valence-electron chi connectivity index (χ1n) is 6.14. The second-order valence-electron chi connectivity index (χ2n) is 4.41. The van der Waals surface area contributed by atoms with Crippen molar-refractivity contribution in [2.75, 3.05) is 19.1 Å². The first-order valence-corrected chi connectivity index (χ1v) is 9.79. The molecule has 0 aliphatic heterocycles. The van der Waals surface area contributed by atoms with Crippen molar-refractivity contribution in [3.05, 3.63) is 16.5 Å². The first-order chi connectivity index (χ1) is 8.88. The molecule has 1 atom stereocenters. The molecule has 1 heterocycles. The highest BCUT2D eigenvalue weighted by atomic mass is 32.2. The summed E-state index contributed by atoms with van der Waals surface area (Å²) in [4.78, 5) is 0.935. The van der Waals surface area contributed by atoms with E-state index in [9.17, 15) is 8.42 Å². The fourth-order valence-corrected chi connectivity index (χ4v) is 5.85. The Morgan fingerprint density at radius 1 is 1.53 bits per heavy atom. The zero-order valence-corrected chi connectivity index (χ0v) is 14.3. The van der Waals surface area contributed by atoms with Crippen LogP contribution in [-0.2, 0) is 16.6 Å². The molecule has 4 nitrogen and oxygen atoms in total. The molecule has 0 saturated heterocycles. The lowest BCUT2D eigenvalue weighted by Crippen LogP contribution is -2.37. The molecule has 0 aromatic carbocycles. The summed E-state index contributed by atoms with van der Waals surface area (Å²) in [6.45, 7) is 4.30. The van der Waals surface area contributed by atoms with Crippen LogP contribution in [0.2, 0.25) is 0 Å². The lowest BCUT2D eigenvalue weighted by Gasteiger charge is -2.25. The number of thioether (sulfide) groups is 1. The molecule has 1 aromatic rings. The topological polar surface area (TPSA) is 63.4 Å². The van der Waals surface area contributed by atoms with Crippen molar-refractivity contribution >= 4 is 33.1 Å². The average Bonchev–Trinajstić information content (AvgIpc) is 2.77. The summed E-state index contributed by atoms with van der Waals surface area (Å²) in [6.07, 6.45) is 2.80. The molecule has 1 rings (SSSR count). The number of nitrogens with zero attached hydrogens (tertiary/aromatic N) is 1. The van der Waals surface area contributed by atoms with Gasteiger partial charge in [0.05, 0.1) is 0 Å². The minimum Gasteiger partial charge on any atom is -0.326 e. The highest BCUT2D eigenvalue weighted by molar-refractivity contribution is 7.98. The summed E-state index contributed by atoms with van der Waals surface area (Å²) in [5, 5.41) is 0. The summed E-state index contributed by atoms with van der Waals surface area (Å²) >= 11 is 2.94. The predicted octanol–water partition coefficient (Wildman–Crippen LogP) is 2.28. The molecule has 2 N–H and O–H groups in total. The van der Waals surface area contributed by atoms with E-state index in [1.54, 1.807) is 24.9 Å². The fraction of sp³-hybridized carbons (Fsp3) is 0.667. The molecule has 7 heteroatoms. The number of thiophene rings is 1. The zero-order chi connectivity index (χ0) is 14.6. The van der Waals surface area contributed by atoms with Gasteiger partial charge in [0, 0.05) is 30.3 Å². The minimum absolute atomic E-state index is 0.0312. The van der Waals surface area contributed by atoms with Crippen LogP contribution in [0.1, 0.15) is 23.8 Å². The summed E-state index contributed by atoms with van der Waals surface area (Å²) < 4.78 is 27.0. The molecule has 19 heavy (non-hydrogen) atoms. The van der Waals surface area contributed by atoms with Crippen molar-refractivity contribution in [3.63, 3.8) is 0 Å². The van der Waals surface area contributed by atoms with Crippen LogP contribution in [0.4, 0.5) is 0 Å². The number of hydrogen-bond donors (Lipinski definition) is 1. The molecule has 0 radical (unpaired) electrons. The Bertz CT molecular complexity index is 511. The molecule has 0 spiro atoms. The average molecular weight is 323 g/mol. The molecule has 0 aliphatic carbocycles. The molecule has 0 saturated carbocycles. The van der Waals surface area contributed by atoms with Gasteiger partial charge < -0.3 is 5.73 Å². The van der Waals surface area contributed by atoms with Crippen molar-refractivity contribution in [1.29, 1.82) is 0 Å². The molecule has 1 unspecified atom stereocenters. The maximum atomic E-state index is 12.6. The van der Waals surface area contributed by atoms with Gasteiger partial charge in [-0.15, -0.1) is 11.3 Å². The predicted molar refractivity (Wildman–Crippen MR) is 84.4 cm³/mol. The van der Waals surface area contributed by atoms with Crippen LogP contribution in [0, 0.1) is 6.92 Å². The van der Waals surface area contributed by atoms with E-state index in [-0.39, 0.29) is 6.04 Å². The Balaban J connectivity index is 3.08. The first kappa shape index (κ1) is 17.0. The Kier molecular flexibility index (Phi) is 6.32. The second-order valence-corrected chi connectivity index (χ2v) is 8.69. The van der Waals surface area contributed by atoms with Gasteiger partial charge in [0.2, 0.25) is 0 Å². The van der Waals surface area contributed by atoms with E-state index >= 15 is 0 Å². The molecule has 0 amide bonds. The maximum Gasteiger partial charge on any atom is 0.252 e. The minimum atomic E-state index is -3.40. The standard InChI is InChI=1S/C12H22N2O2S3/c1-5-10(8-17-4)14(3)19(15,16)12-6-9(2)11(7-13)18-12/h6,10H,5,7-8,13H2,1-4H3. The van der Waals surface area contributed by atoms with Gasteiger partial charge >= 0.3 is 0 Å². The zero-order valence-electron chi connectivity index (χ0n) is 11.8. The number of rotatable bonds is 7. The summed E-state index contributed by atoms with van der Waals surface area (Å²) in [5.41, 5.74) is 6.57. The van der Waals surface area contributed by atoms with Crippen LogP contribution in [-0.4, -0.2) is 37.8 Å². The van der Waals surface area contributed by atoms with E-state index in [2.05, 4.69) is 0 Å². The Morgan fingerprint density at radius 3 is 2.58 bits per heavy atom. The van der Waals surface area contributed by atoms with Gasteiger partial charge in [-0.25, -0.2) is 8.42 Å². The third-order valence-corrected chi connectivity index (χ3v) is 7.50. The number of hydrogen-bond acceptors (Lipinski definition) is 5. The largest absolute Gasteiger partial charge is 0.326 e. The Labute approximate surface area is 124 Å². The van der Waals surface area contributed by atoms with Gasteiger partial charge in [-0.05, 0) is 31.2 Å². The SMILES string of the molecule is CCC(CSC)N(C)S(=O)(=O)c1cc(C)c(CN)s1. The summed E-state index contributed by atoms with van der Waals surface area (Å²) in [5.74, 6) is 0.806. The summed E-state index contributed by atoms with van der Waals surface area (Å²) in [6, 6.07) is 1.76. The van der Waals surface area contributed by atoms with Crippen molar-refractivity contribution in [2.45, 2.75) is 37.1 Å². The third kappa shape index (κ3) is 3.72. The molecule has 1 aromatic heterocycles. The Morgan fingerprint density at radius 2 is 2.16 bits per heavy atom. The fourth-order valence-electron chi connectivity index (χ4n) is 1.83. The summed E-state index contributed by atoms with van der Waals surface area (Å²) in [7, 11) is -1.74.